The first kappa shape index (κ1) is 14.1. The molecule has 96 valence electrons. The summed E-state index contributed by atoms with van der Waals surface area (Å²) in [6.07, 6.45) is 1.59. The van der Waals surface area contributed by atoms with E-state index >= 15 is 0 Å². The van der Waals surface area contributed by atoms with Crippen molar-refractivity contribution in [1.82, 2.24) is 5.32 Å². The van der Waals surface area contributed by atoms with Gasteiger partial charge in [-0.1, -0.05) is 12.1 Å². The summed E-state index contributed by atoms with van der Waals surface area (Å²) < 4.78 is 12.7. The molecule has 3 heteroatoms. The highest BCUT2D eigenvalue weighted by Crippen LogP contribution is 2.08. The Morgan fingerprint density at radius 2 is 1.88 bits per heavy atom. The first-order valence-electron chi connectivity index (χ1n) is 6.07. The molecule has 0 saturated heterocycles. The molecule has 0 aliphatic rings. The summed E-state index contributed by atoms with van der Waals surface area (Å²) in [4.78, 5) is 0. The first-order chi connectivity index (χ1) is 7.87. The van der Waals surface area contributed by atoms with E-state index in [0.29, 0.717) is 6.04 Å². The number of benzene rings is 1. The van der Waals surface area contributed by atoms with Gasteiger partial charge in [0, 0.05) is 6.04 Å². The fourth-order valence-corrected chi connectivity index (χ4v) is 1.67. The van der Waals surface area contributed by atoms with Gasteiger partial charge in [-0.3, -0.25) is 0 Å². The summed E-state index contributed by atoms with van der Waals surface area (Å²) in [5, 5.41) is 12.9. The maximum absolute atomic E-state index is 12.7. The molecule has 0 fully saturated rings. The Morgan fingerprint density at radius 3 is 2.41 bits per heavy atom. The Bertz CT molecular complexity index is 329. The average molecular weight is 239 g/mol. The van der Waals surface area contributed by atoms with Gasteiger partial charge in [0.25, 0.3) is 0 Å². The number of hydrogen-bond donors (Lipinski definition) is 2. The lowest BCUT2D eigenvalue weighted by atomic mass is 10.0. The van der Waals surface area contributed by atoms with Crippen LogP contribution in [-0.2, 0) is 6.42 Å². The third-order valence-electron chi connectivity index (χ3n) is 2.68. The number of aliphatic hydroxyl groups is 1. The molecule has 0 aliphatic carbocycles. The second kappa shape index (κ2) is 6.12. The molecule has 0 heterocycles. The summed E-state index contributed by atoms with van der Waals surface area (Å²) in [6.45, 7) is 6.48. The molecule has 0 aliphatic heterocycles. The van der Waals surface area contributed by atoms with E-state index in [4.69, 9.17) is 0 Å². The molecule has 1 aromatic carbocycles. The zero-order valence-electron chi connectivity index (χ0n) is 10.8. The molecular formula is C14H22FNO. The van der Waals surface area contributed by atoms with Crippen LogP contribution in [0.5, 0.6) is 0 Å². The monoisotopic (exact) mass is 239 g/mol. The lowest BCUT2D eigenvalue weighted by molar-refractivity contribution is 0.0705. The van der Waals surface area contributed by atoms with E-state index in [1.807, 2.05) is 12.1 Å². The van der Waals surface area contributed by atoms with Gasteiger partial charge < -0.3 is 10.4 Å². The molecule has 17 heavy (non-hydrogen) atoms. The molecule has 1 unspecified atom stereocenters. The van der Waals surface area contributed by atoms with Gasteiger partial charge in [-0.15, -0.1) is 0 Å². The third-order valence-corrected chi connectivity index (χ3v) is 2.68. The van der Waals surface area contributed by atoms with Crippen LogP contribution in [0.25, 0.3) is 0 Å². The minimum atomic E-state index is -0.622. The van der Waals surface area contributed by atoms with Crippen LogP contribution in [0.2, 0.25) is 0 Å². The van der Waals surface area contributed by atoms with Crippen LogP contribution in [0.15, 0.2) is 24.3 Å². The van der Waals surface area contributed by atoms with Gasteiger partial charge in [-0.2, -0.15) is 0 Å². The van der Waals surface area contributed by atoms with Crippen molar-refractivity contribution in [3.05, 3.63) is 35.6 Å². The van der Waals surface area contributed by atoms with Crippen molar-refractivity contribution in [2.75, 3.05) is 6.54 Å². The van der Waals surface area contributed by atoms with Gasteiger partial charge in [0.2, 0.25) is 0 Å². The highest BCUT2D eigenvalue weighted by atomic mass is 19.1. The molecule has 0 amide bonds. The van der Waals surface area contributed by atoms with Crippen LogP contribution in [-0.4, -0.2) is 23.3 Å². The molecule has 0 bridgehead atoms. The molecule has 1 atom stereocenters. The van der Waals surface area contributed by atoms with E-state index in [9.17, 15) is 9.50 Å². The molecule has 1 aromatic rings. The molecule has 2 N–H and O–H groups in total. The van der Waals surface area contributed by atoms with Gasteiger partial charge in [0.1, 0.15) is 5.82 Å². The second-order valence-electron chi connectivity index (χ2n) is 5.25. The Morgan fingerprint density at radius 1 is 1.29 bits per heavy atom. The fraction of sp³-hybridized carbons (Fsp3) is 0.571. The van der Waals surface area contributed by atoms with E-state index < -0.39 is 5.60 Å². The topological polar surface area (TPSA) is 32.3 Å². The maximum atomic E-state index is 12.7. The predicted octanol–water partition coefficient (Wildman–Crippen LogP) is 2.51. The molecule has 0 saturated carbocycles. The highest BCUT2D eigenvalue weighted by molar-refractivity contribution is 5.16. The van der Waals surface area contributed by atoms with Crippen molar-refractivity contribution in [1.29, 1.82) is 0 Å². The summed E-state index contributed by atoms with van der Waals surface area (Å²) in [6, 6.07) is 6.91. The summed E-state index contributed by atoms with van der Waals surface area (Å²) in [5.74, 6) is -0.198. The Labute approximate surface area is 103 Å². The number of nitrogens with one attached hydrogen (secondary N) is 1. The molecule has 0 spiro atoms. The van der Waals surface area contributed by atoms with Crippen LogP contribution >= 0.6 is 0 Å². The van der Waals surface area contributed by atoms with Crippen molar-refractivity contribution >= 4 is 0 Å². The first-order valence-corrected chi connectivity index (χ1v) is 6.07. The smallest absolute Gasteiger partial charge is 0.123 e. The standard InChI is InChI=1S/C14H22FNO/c1-11(16-9-8-14(2,3)17)10-12-4-6-13(15)7-5-12/h4-7,11,16-17H,8-10H2,1-3H3. The van der Waals surface area contributed by atoms with Crippen LogP contribution in [0.3, 0.4) is 0 Å². The van der Waals surface area contributed by atoms with Crippen LogP contribution in [0.1, 0.15) is 32.8 Å². The van der Waals surface area contributed by atoms with Gasteiger partial charge in [-0.25, -0.2) is 4.39 Å². The third kappa shape index (κ3) is 6.39. The number of hydrogen-bond acceptors (Lipinski definition) is 2. The second-order valence-corrected chi connectivity index (χ2v) is 5.25. The van der Waals surface area contributed by atoms with E-state index in [-0.39, 0.29) is 5.82 Å². The normalized spacial score (nSPS) is 13.7. The largest absolute Gasteiger partial charge is 0.390 e. The maximum Gasteiger partial charge on any atom is 0.123 e. The minimum Gasteiger partial charge on any atom is -0.390 e. The van der Waals surface area contributed by atoms with Crippen molar-refractivity contribution in [3.63, 3.8) is 0 Å². The van der Waals surface area contributed by atoms with E-state index in [0.717, 1.165) is 24.9 Å². The highest BCUT2D eigenvalue weighted by Gasteiger charge is 2.12. The molecule has 1 rings (SSSR count). The lowest BCUT2D eigenvalue weighted by Gasteiger charge is -2.19. The average Bonchev–Trinajstić information content (AvgIpc) is 2.19. The quantitative estimate of drug-likeness (QED) is 0.799. The van der Waals surface area contributed by atoms with Crippen molar-refractivity contribution in [2.45, 2.75) is 45.3 Å². The minimum absolute atomic E-state index is 0.198. The Kier molecular flexibility index (Phi) is 5.09. The molecule has 2 nitrogen and oxygen atoms in total. The van der Waals surface area contributed by atoms with Gasteiger partial charge >= 0.3 is 0 Å². The molecule has 0 radical (unpaired) electrons. The van der Waals surface area contributed by atoms with E-state index in [2.05, 4.69) is 12.2 Å². The van der Waals surface area contributed by atoms with Crippen molar-refractivity contribution < 1.29 is 9.50 Å². The SMILES string of the molecule is CC(Cc1ccc(F)cc1)NCCC(C)(C)O. The zero-order valence-corrected chi connectivity index (χ0v) is 10.8. The lowest BCUT2D eigenvalue weighted by Crippen LogP contribution is -2.33. The number of halogens is 1. The van der Waals surface area contributed by atoms with E-state index in [1.165, 1.54) is 12.1 Å². The molecule has 0 aromatic heterocycles. The molecular weight excluding hydrogens is 217 g/mol. The summed E-state index contributed by atoms with van der Waals surface area (Å²) in [5.41, 5.74) is 0.498. The van der Waals surface area contributed by atoms with Crippen molar-refractivity contribution in [2.24, 2.45) is 0 Å². The zero-order chi connectivity index (χ0) is 12.9. The number of rotatable bonds is 6. The van der Waals surface area contributed by atoms with Gasteiger partial charge in [0.05, 0.1) is 5.60 Å². The van der Waals surface area contributed by atoms with Crippen LogP contribution in [0.4, 0.5) is 4.39 Å². The van der Waals surface area contributed by atoms with E-state index in [1.54, 1.807) is 13.8 Å². The predicted molar refractivity (Wildman–Crippen MR) is 68.5 cm³/mol. The van der Waals surface area contributed by atoms with Crippen molar-refractivity contribution in [3.8, 4) is 0 Å². The Hall–Kier alpha value is -0.930. The van der Waals surface area contributed by atoms with Gasteiger partial charge in [0.15, 0.2) is 0 Å². The van der Waals surface area contributed by atoms with Crippen LogP contribution in [0, 0.1) is 5.82 Å². The Balaban J connectivity index is 2.30. The summed E-state index contributed by atoms with van der Waals surface area (Å²) in [7, 11) is 0. The fourth-order valence-electron chi connectivity index (χ4n) is 1.67. The van der Waals surface area contributed by atoms with Crippen LogP contribution < -0.4 is 5.32 Å². The van der Waals surface area contributed by atoms with Gasteiger partial charge in [-0.05, 0) is 57.9 Å². The summed E-state index contributed by atoms with van der Waals surface area (Å²) >= 11 is 0.